The molecule has 0 saturated heterocycles. The van der Waals surface area contributed by atoms with Gasteiger partial charge >= 0.3 is 0 Å². The summed E-state index contributed by atoms with van der Waals surface area (Å²) in [5.41, 5.74) is 8.36. The highest BCUT2D eigenvalue weighted by Crippen LogP contribution is 2.34. The molecule has 1 unspecified atom stereocenters. The lowest BCUT2D eigenvalue weighted by molar-refractivity contribution is 0.138. The van der Waals surface area contributed by atoms with Crippen molar-refractivity contribution in [3.8, 4) is 0 Å². The van der Waals surface area contributed by atoms with E-state index in [2.05, 4.69) is 44.7 Å². The summed E-state index contributed by atoms with van der Waals surface area (Å²) in [6.45, 7) is 12.7. The highest BCUT2D eigenvalue weighted by atomic mass is 16.3. The second-order valence-electron chi connectivity index (χ2n) is 6.50. The van der Waals surface area contributed by atoms with Crippen LogP contribution in [0.25, 0.3) is 11.0 Å². The minimum absolute atomic E-state index is 0.205. The predicted molar refractivity (Wildman–Crippen MR) is 89.4 cm³/mol. The number of para-hydroxylation sites is 1. The summed E-state index contributed by atoms with van der Waals surface area (Å²) in [6, 6.07) is 8.90. The van der Waals surface area contributed by atoms with Crippen LogP contribution in [-0.2, 0) is 0 Å². The van der Waals surface area contributed by atoms with Crippen LogP contribution in [0.5, 0.6) is 0 Å². The Bertz CT molecular complexity index is 586. The van der Waals surface area contributed by atoms with Gasteiger partial charge in [-0.3, -0.25) is 4.90 Å². The highest BCUT2D eigenvalue weighted by molar-refractivity contribution is 5.82. The van der Waals surface area contributed by atoms with Crippen molar-refractivity contribution in [2.45, 2.75) is 46.7 Å². The zero-order valence-corrected chi connectivity index (χ0v) is 13.9. The smallest absolute Gasteiger partial charge is 0.134 e. The molecule has 3 heteroatoms. The molecule has 0 bridgehead atoms. The predicted octanol–water partition coefficient (Wildman–Crippen LogP) is 4.11. The van der Waals surface area contributed by atoms with Gasteiger partial charge in [0, 0.05) is 30.1 Å². The third kappa shape index (κ3) is 3.30. The summed E-state index contributed by atoms with van der Waals surface area (Å²) in [5.74, 6) is 1.60. The SMILES string of the molecule is Cc1oc2ccccc2c1C(CN)N(CC(C)C)C(C)C. The fourth-order valence-corrected chi connectivity index (χ4v) is 3.14. The number of nitrogens with two attached hydrogens (primary N) is 1. The summed E-state index contributed by atoms with van der Waals surface area (Å²) in [7, 11) is 0. The van der Waals surface area contributed by atoms with Crippen LogP contribution in [0.4, 0.5) is 0 Å². The van der Waals surface area contributed by atoms with E-state index in [1.54, 1.807) is 0 Å². The molecule has 0 aliphatic rings. The Hall–Kier alpha value is -1.32. The standard InChI is InChI=1S/C18H28N2O/c1-12(2)11-20(13(3)4)16(10-19)18-14(5)21-17-9-7-6-8-15(17)18/h6-9,12-13,16H,10-11,19H2,1-5H3. The summed E-state index contributed by atoms with van der Waals surface area (Å²) in [4.78, 5) is 2.50. The van der Waals surface area contributed by atoms with Gasteiger partial charge in [0.2, 0.25) is 0 Å². The fraction of sp³-hybridized carbons (Fsp3) is 0.556. The first-order valence-electron chi connectivity index (χ1n) is 7.89. The molecule has 0 radical (unpaired) electrons. The molecule has 2 aromatic rings. The van der Waals surface area contributed by atoms with Crippen molar-refractivity contribution in [3.05, 3.63) is 35.6 Å². The minimum atomic E-state index is 0.205. The zero-order chi connectivity index (χ0) is 15.6. The Kier molecular flexibility index (Phi) is 5.07. The fourth-order valence-electron chi connectivity index (χ4n) is 3.14. The first-order valence-corrected chi connectivity index (χ1v) is 7.89. The lowest BCUT2D eigenvalue weighted by atomic mass is 9.99. The number of hydrogen-bond acceptors (Lipinski definition) is 3. The van der Waals surface area contributed by atoms with Crippen molar-refractivity contribution in [3.63, 3.8) is 0 Å². The van der Waals surface area contributed by atoms with Crippen LogP contribution in [0.15, 0.2) is 28.7 Å². The van der Waals surface area contributed by atoms with E-state index in [4.69, 9.17) is 10.2 Å². The quantitative estimate of drug-likeness (QED) is 0.870. The Morgan fingerprint density at radius 3 is 2.38 bits per heavy atom. The van der Waals surface area contributed by atoms with Gasteiger partial charge in [-0.15, -0.1) is 0 Å². The van der Waals surface area contributed by atoms with Gasteiger partial charge in [0.05, 0.1) is 6.04 Å². The molecule has 1 atom stereocenters. The molecule has 21 heavy (non-hydrogen) atoms. The van der Waals surface area contributed by atoms with Crippen LogP contribution >= 0.6 is 0 Å². The lowest BCUT2D eigenvalue weighted by Crippen LogP contribution is -2.41. The van der Waals surface area contributed by atoms with E-state index < -0.39 is 0 Å². The molecule has 1 aromatic heterocycles. The molecule has 0 amide bonds. The van der Waals surface area contributed by atoms with Gasteiger partial charge in [0.1, 0.15) is 11.3 Å². The molecule has 1 heterocycles. The second-order valence-corrected chi connectivity index (χ2v) is 6.50. The van der Waals surface area contributed by atoms with Crippen LogP contribution in [0, 0.1) is 12.8 Å². The molecule has 3 nitrogen and oxygen atoms in total. The molecule has 0 fully saturated rings. The maximum atomic E-state index is 6.15. The van der Waals surface area contributed by atoms with E-state index in [-0.39, 0.29) is 6.04 Å². The van der Waals surface area contributed by atoms with Gasteiger partial charge in [0.25, 0.3) is 0 Å². The van der Waals surface area contributed by atoms with Gasteiger partial charge in [-0.25, -0.2) is 0 Å². The average Bonchev–Trinajstić information content (AvgIpc) is 2.75. The number of rotatable bonds is 6. The second kappa shape index (κ2) is 6.63. The highest BCUT2D eigenvalue weighted by Gasteiger charge is 2.27. The normalized spacial score (nSPS) is 13.8. The molecule has 116 valence electrons. The van der Waals surface area contributed by atoms with Gasteiger partial charge in [-0.05, 0) is 32.8 Å². The number of hydrogen-bond donors (Lipinski definition) is 1. The van der Waals surface area contributed by atoms with Gasteiger partial charge in [0.15, 0.2) is 0 Å². The summed E-state index contributed by atoms with van der Waals surface area (Å²) in [6.07, 6.45) is 0. The molecule has 0 aliphatic carbocycles. The van der Waals surface area contributed by atoms with E-state index >= 15 is 0 Å². The van der Waals surface area contributed by atoms with Crippen LogP contribution < -0.4 is 5.73 Å². The number of fused-ring (bicyclic) bond motifs is 1. The summed E-state index contributed by atoms with van der Waals surface area (Å²) < 4.78 is 5.93. The van der Waals surface area contributed by atoms with Gasteiger partial charge < -0.3 is 10.2 Å². The van der Waals surface area contributed by atoms with Crippen molar-refractivity contribution in [2.75, 3.05) is 13.1 Å². The molecular weight excluding hydrogens is 260 g/mol. The van der Waals surface area contributed by atoms with Gasteiger partial charge in [-0.1, -0.05) is 32.0 Å². The Balaban J connectivity index is 2.49. The van der Waals surface area contributed by atoms with E-state index in [9.17, 15) is 0 Å². The first-order chi connectivity index (χ1) is 9.95. The molecule has 2 rings (SSSR count). The van der Waals surface area contributed by atoms with Crippen LogP contribution in [0.1, 0.15) is 45.1 Å². The first kappa shape index (κ1) is 16.1. The Morgan fingerprint density at radius 1 is 1.14 bits per heavy atom. The lowest BCUT2D eigenvalue weighted by Gasteiger charge is -2.35. The van der Waals surface area contributed by atoms with E-state index in [0.717, 1.165) is 17.9 Å². The van der Waals surface area contributed by atoms with Crippen LogP contribution in [0.2, 0.25) is 0 Å². The van der Waals surface area contributed by atoms with Crippen molar-refractivity contribution in [2.24, 2.45) is 11.7 Å². The average molecular weight is 288 g/mol. The van der Waals surface area contributed by atoms with E-state index in [1.165, 1.54) is 10.9 Å². The van der Waals surface area contributed by atoms with Crippen molar-refractivity contribution in [1.29, 1.82) is 0 Å². The molecule has 1 aromatic carbocycles. The summed E-state index contributed by atoms with van der Waals surface area (Å²) >= 11 is 0. The molecule has 0 aliphatic heterocycles. The van der Waals surface area contributed by atoms with Crippen molar-refractivity contribution in [1.82, 2.24) is 4.90 Å². The zero-order valence-electron chi connectivity index (χ0n) is 13.9. The largest absolute Gasteiger partial charge is 0.461 e. The molecular formula is C18H28N2O. The molecule has 0 spiro atoms. The van der Waals surface area contributed by atoms with Crippen molar-refractivity contribution >= 4 is 11.0 Å². The van der Waals surface area contributed by atoms with Gasteiger partial charge in [-0.2, -0.15) is 0 Å². The molecule has 2 N–H and O–H groups in total. The number of benzene rings is 1. The van der Waals surface area contributed by atoms with E-state index in [1.807, 2.05) is 19.1 Å². The Morgan fingerprint density at radius 2 is 1.81 bits per heavy atom. The minimum Gasteiger partial charge on any atom is -0.461 e. The number of furan rings is 1. The number of aryl methyl sites for hydroxylation is 1. The molecule has 0 saturated carbocycles. The third-order valence-corrected chi connectivity index (χ3v) is 4.02. The number of nitrogens with zero attached hydrogens (tertiary/aromatic N) is 1. The third-order valence-electron chi connectivity index (χ3n) is 4.02. The maximum absolute atomic E-state index is 6.15. The Labute approximate surface area is 128 Å². The van der Waals surface area contributed by atoms with Crippen LogP contribution in [0.3, 0.4) is 0 Å². The summed E-state index contributed by atoms with van der Waals surface area (Å²) in [5, 5.41) is 1.19. The maximum Gasteiger partial charge on any atom is 0.134 e. The van der Waals surface area contributed by atoms with E-state index in [0.29, 0.717) is 18.5 Å². The monoisotopic (exact) mass is 288 g/mol. The topological polar surface area (TPSA) is 42.4 Å². The van der Waals surface area contributed by atoms with Crippen LogP contribution in [-0.4, -0.2) is 24.0 Å². The van der Waals surface area contributed by atoms with Crippen molar-refractivity contribution < 1.29 is 4.42 Å².